The third-order valence-electron chi connectivity index (χ3n) is 4.42. The lowest BCUT2D eigenvalue weighted by atomic mass is 10.1. The second-order valence-electron chi connectivity index (χ2n) is 6.62. The number of guanidine groups is 1. The van der Waals surface area contributed by atoms with Crippen molar-refractivity contribution in [2.75, 3.05) is 7.05 Å². The van der Waals surface area contributed by atoms with Crippen LogP contribution in [0.5, 0.6) is 0 Å². The molecule has 0 atom stereocenters. The fourth-order valence-corrected chi connectivity index (χ4v) is 3.58. The Kier molecular flexibility index (Phi) is 10.5. The van der Waals surface area contributed by atoms with Crippen LogP contribution in [0.2, 0.25) is 0 Å². The fourth-order valence-electron chi connectivity index (χ4n) is 2.77. The summed E-state index contributed by atoms with van der Waals surface area (Å²) in [6.45, 7) is 3.54. The fraction of sp³-hybridized carbons (Fsp3) is 0.261. The van der Waals surface area contributed by atoms with E-state index >= 15 is 0 Å². The molecule has 0 saturated carbocycles. The molecule has 2 N–H and O–H groups in total. The molecule has 3 aromatic rings. The van der Waals surface area contributed by atoms with Gasteiger partial charge in [0.2, 0.25) is 0 Å². The molecule has 3 rings (SSSR count). The number of nitrogens with zero attached hydrogens (tertiary/aromatic N) is 2. The Morgan fingerprint density at radius 1 is 1.06 bits per heavy atom. The number of hydrogen-bond donors (Lipinski definition) is 2. The Hall–Kier alpha value is -2.46. The number of esters is 1. The molecule has 0 spiro atoms. The Bertz CT molecular complexity index is 992. The van der Waals surface area contributed by atoms with Crippen molar-refractivity contribution in [1.82, 2.24) is 15.6 Å². The summed E-state index contributed by atoms with van der Waals surface area (Å²) < 4.78 is 5.41. The molecule has 6 nitrogen and oxygen atoms in total. The standard InChI is InChI=1S/C23H26N4O2S.HI/c1-3-20-14-25-21(30-20)15-27-23(24-2)26-13-18-10-7-11-19(12-18)22(28)29-16-17-8-5-4-6-9-17;/h4-12,14H,3,13,15-16H2,1-2H3,(H2,24,26,27);1H. The van der Waals surface area contributed by atoms with E-state index in [2.05, 4.69) is 27.5 Å². The van der Waals surface area contributed by atoms with Gasteiger partial charge in [-0.05, 0) is 29.7 Å². The summed E-state index contributed by atoms with van der Waals surface area (Å²) in [6, 6.07) is 17.1. The van der Waals surface area contributed by atoms with Crippen molar-refractivity contribution in [1.29, 1.82) is 0 Å². The summed E-state index contributed by atoms with van der Waals surface area (Å²) in [6.07, 6.45) is 2.91. The molecule has 1 aromatic heterocycles. The molecule has 1 heterocycles. The lowest BCUT2D eigenvalue weighted by molar-refractivity contribution is 0.0472. The number of halogens is 1. The van der Waals surface area contributed by atoms with E-state index in [1.54, 1.807) is 24.5 Å². The SMILES string of the molecule is CCc1cnc(CNC(=NC)NCc2cccc(C(=O)OCc3ccccc3)c2)s1.I. The van der Waals surface area contributed by atoms with Crippen molar-refractivity contribution in [3.63, 3.8) is 0 Å². The highest BCUT2D eigenvalue weighted by Gasteiger charge is 2.09. The van der Waals surface area contributed by atoms with E-state index in [-0.39, 0.29) is 36.6 Å². The van der Waals surface area contributed by atoms with E-state index in [9.17, 15) is 4.79 Å². The quantitative estimate of drug-likeness (QED) is 0.186. The van der Waals surface area contributed by atoms with E-state index in [1.165, 1.54) is 4.88 Å². The van der Waals surface area contributed by atoms with E-state index in [0.29, 0.717) is 24.6 Å². The molecule has 31 heavy (non-hydrogen) atoms. The van der Waals surface area contributed by atoms with Crippen molar-refractivity contribution in [3.05, 3.63) is 87.4 Å². The molecular weight excluding hydrogens is 523 g/mol. The molecule has 0 radical (unpaired) electrons. The van der Waals surface area contributed by atoms with Crippen LogP contribution in [0.15, 0.2) is 65.8 Å². The lowest BCUT2D eigenvalue weighted by Crippen LogP contribution is -2.36. The van der Waals surface area contributed by atoms with Gasteiger partial charge in [0, 0.05) is 24.7 Å². The minimum Gasteiger partial charge on any atom is -0.457 e. The highest BCUT2D eigenvalue weighted by Crippen LogP contribution is 2.13. The first-order valence-electron chi connectivity index (χ1n) is 9.86. The summed E-state index contributed by atoms with van der Waals surface area (Å²) in [4.78, 5) is 22.3. The van der Waals surface area contributed by atoms with Gasteiger partial charge in [-0.2, -0.15) is 0 Å². The summed E-state index contributed by atoms with van der Waals surface area (Å²) in [7, 11) is 1.73. The summed E-state index contributed by atoms with van der Waals surface area (Å²) in [5.41, 5.74) is 2.46. The van der Waals surface area contributed by atoms with Gasteiger partial charge < -0.3 is 15.4 Å². The second kappa shape index (κ2) is 13.1. The van der Waals surface area contributed by atoms with Crippen LogP contribution in [0, 0.1) is 0 Å². The van der Waals surface area contributed by atoms with Gasteiger partial charge in [-0.25, -0.2) is 9.78 Å². The highest BCUT2D eigenvalue weighted by atomic mass is 127. The maximum Gasteiger partial charge on any atom is 0.338 e. The topological polar surface area (TPSA) is 75.6 Å². The van der Waals surface area contributed by atoms with Crippen LogP contribution in [0.3, 0.4) is 0 Å². The van der Waals surface area contributed by atoms with Crippen LogP contribution in [0.1, 0.15) is 38.3 Å². The Morgan fingerprint density at radius 3 is 2.52 bits per heavy atom. The van der Waals surface area contributed by atoms with Gasteiger partial charge in [0.15, 0.2) is 5.96 Å². The van der Waals surface area contributed by atoms with Gasteiger partial charge in [0.05, 0.1) is 12.1 Å². The molecule has 0 fully saturated rings. The maximum atomic E-state index is 12.4. The third kappa shape index (κ3) is 7.95. The number of rotatable bonds is 8. The molecule has 0 aliphatic rings. The van der Waals surface area contributed by atoms with Crippen molar-refractivity contribution < 1.29 is 9.53 Å². The normalized spacial score (nSPS) is 10.8. The number of nitrogens with one attached hydrogen (secondary N) is 2. The van der Waals surface area contributed by atoms with Gasteiger partial charge >= 0.3 is 5.97 Å². The van der Waals surface area contributed by atoms with E-state index in [4.69, 9.17) is 4.74 Å². The van der Waals surface area contributed by atoms with Crippen LogP contribution >= 0.6 is 35.3 Å². The zero-order valence-electron chi connectivity index (χ0n) is 17.6. The average molecular weight is 550 g/mol. The van der Waals surface area contributed by atoms with Crippen molar-refractivity contribution in [3.8, 4) is 0 Å². The number of aromatic nitrogens is 1. The van der Waals surface area contributed by atoms with Gasteiger partial charge in [-0.1, -0.05) is 49.4 Å². The van der Waals surface area contributed by atoms with Crippen molar-refractivity contribution >= 4 is 47.2 Å². The van der Waals surface area contributed by atoms with Gasteiger partial charge in [-0.15, -0.1) is 35.3 Å². The Balaban J connectivity index is 0.00000341. The van der Waals surface area contributed by atoms with E-state index in [0.717, 1.165) is 22.6 Å². The number of aliphatic imine (C=N–C) groups is 1. The minimum atomic E-state index is -0.335. The largest absolute Gasteiger partial charge is 0.457 e. The third-order valence-corrected chi connectivity index (χ3v) is 5.56. The van der Waals surface area contributed by atoms with Gasteiger partial charge in [0.1, 0.15) is 11.6 Å². The number of ether oxygens (including phenoxy) is 1. The number of aryl methyl sites for hydroxylation is 1. The molecule has 0 unspecified atom stereocenters. The molecule has 0 amide bonds. The molecule has 0 saturated heterocycles. The number of thiazole rings is 1. The maximum absolute atomic E-state index is 12.4. The predicted octanol–water partition coefficient (Wildman–Crippen LogP) is 4.55. The van der Waals surface area contributed by atoms with Crippen LogP contribution in [-0.2, 0) is 30.9 Å². The average Bonchev–Trinajstić information content (AvgIpc) is 3.26. The molecule has 8 heteroatoms. The molecule has 2 aromatic carbocycles. The van der Waals surface area contributed by atoms with Crippen molar-refractivity contribution in [2.24, 2.45) is 4.99 Å². The van der Waals surface area contributed by atoms with Crippen LogP contribution < -0.4 is 10.6 Å². The minimum absolute atomic E-state index is 0. The van der Waals surface area contributed by atoms with Gasteiger partial charge in [0.25, 0.3) is 0 Å². The second-order valence-corrected chi connectivity index (χ2v) is 7.82. The first-order valence-corrected chi connectivity index (χ1v) is 10.7. The summed E-state index contributed by atoms with van der Waals surface area (Å²) in [5, 5.41) is 7.55. The Morgan fingerprint density at radius 2 is 1.81 bits per heavy atom. The number of carbonyl (C=O) groups is 1. The van der Waals surface area contributed by atoms with Crippen LogP contribution in [0.25, 0.3) is 0 Å². The monoisotopic (exact) mass is 550 g/mol. The van der Waals surface area contributed by atoms with Gasteiger partial charge in [-0.3, -0.25) is 4.99 Å². The summed E-state index contributed by atoms with van der Waals surface area (Å²) in [5.74, 6) is 0.346. The molecule has 0 bridgehead atoms. The molecule has 0 aliphatic carbocycles. The zero-order chi connectivity index (χ0) is 21.2. The smallest absolute Gasteiger partial charge is 0.338 e. The first-order chi connectivity index (χ1) is 14.7. The number of carbonyl (C=O) groups excluding carboxylic acids is 1. The highest BCUT2D eigenvalue weighted by molar-refractivity contribution is 14.0. The number of hydrogen-bond acceptors (Lipinski definition) is 5. The van der Waals surface area contributed by atoms with Crippen LogP contribution in [-0.4, -0.2) is 24.0 Å². The molecular formula is C23H27IN4O2S. The van der Waals surface area contributed by atoms with E-state index < -0.39 is 0 Å². The lowest BCUT2D eigenvalue weighted by Gasteiger charge is -2.12. The summed E-state index contributed by atoms with van der Waals surface area (Å²) >= 11 is 1.70. The predicted molar refractivity (Wildman–Crippen MR) is 136 cm³/mol. The molecule has 0 aliphatic heterocycles. The Labute approximate surface area is 204 Å². The molecule has 164 valence electrons. The van der Waals surface area contributed by atoms with E-state index in [1.807, 2.05) is 54.7 Å². The first kappa shape index (κ1) is 24.8. The number of benzene rings is 2. The van der Waals surface area contributed by atoms with Crippen molar-refractivity contribution in [2.45, 2.75) is 33.0 Å². The zero-order valence-corrected chi connectivity index (χ0v) is 20.8. The van der Waals surface area contributed by atoms with Crippen LogP contribution in [0.4, 0.5) is 0 Å².